The van der Waals surface area contributed by atoms with Crippen molar-refractivity contribution in [3.8, 4) is 12.8 Å². The van der Waals surface area contributed by atoms with E-state index in [0.29, 0.717) is 23.2 Å². The summed E-state index contributed by atoms with van der Waals surface area (Å²) in [7, 11) is 2.21. The van der Waals surface area contributed by atoms with Gasteiger partial charge in [-0.2, -0.15) is 0 Å². The molecule has 3 rings (SSSR count). The highest BCUT2D eigenvalue weighted by Gasteiger charge is 2.35. The van der Waals surface area contributed by atoms with Crippen LogP contribution in [0, 0.1) is 30.1 Å². The zero-order chi connectivity index (χ0) is 19.7. The lowest BCUT2D eigenvalue weighted by Crippen LogP contribution is -2.42. The number of carbonyl (C=O) groups is 1. The van der Waals surface area contributed by atoms with Gasteiger partial charge in [0.25, 0.3) is 0 Å². The summed E-state index contributed by atoms with van der Waals surface area (Å²) in [5.74, 6) is 1.70. The molecule has 2 aliphatic rings. The Morgan fingerprint density at radius 2 is 1.77 bits per heavy atom. The van der Waals surface area contributed by atoms with Gasteiger partial charge in [-0.25, -0.2) is 0 Å². The van der Waals surface area contributed by atoms with Gasteiger partial charge in [0.05, 0.1) is 0 Å². The van der Waals surface area contributed by atoms with E-state index >= 15 is 0 Å². The van der Waals surface area contributed by atoms with E-state index in [4.69, 9.17) is 11.6 Å². The zero-order valence-corrected chi connectivity index (χ0v) is 17.5. The van der Waals surface area contributed by atoms with Crippen molar-refractivity contribution in [2.45, 2.75) is 52.4 Å². The molecule has 1 heterocycles. The van der Waals surface area contributed by atoms with Gasteiger partial charge in [-0.05, 0) is 61.4 Å². The molecule has 0 amide bonds. The highest BCUT2D eigenvalue weighted by Crippen LogP contribution is 2.41. The number of benzene rings is 1. The second kappa shape index (κ2) is 10.8. The molecule has 0 aromatic heterocycles. The fourth-order valence-electron chi connectivity index (χ4n) is 4.31. The fourth-order valence-corrected chi connectivity index (χ4v) is 4.44. The molecule has 1 saturated heterocycles. The highest BCUT2D eigenvalue weighted by molar-refractivity contribution is 6.30. The molecule has 1 unspecified atom stereocenters. The predicted molar refractivity (Wildman–Crippen MR) is 113 cm³/mol. The third-order valence-corrected chi connectivity index (χ3v) is 6.05. The normalized spacial score (nSPS) is 27.4. The molecule has 1 saturated carbocycles. The molecule has 3 heteroatoms. The molecule has 1 aromatic rings. The van der Waals surface area contributed by atoms with Crippen molar-refractivity contribution in [3.63, 3.8) is 0 Å². The van der Waals surface area contributed by atoms with E-state index in [0.717, 1.165) is 17.7 Å². The van der Waals surface area contributed by atoms with E-state index in [1.807, 2.05) is 12.1 Å². The van der Waals surface area contributed by atoms with Crippen LogP contribution in [0.15, 0.2) is 24.3 Å². The standard InChI is InChI=1S/C14H20ClN.C7H12O.C2H2/c1-14(2)10-16(3)9-8-13(14)11-4-6-12(15)7-5-11;1-6-3-2-4-7(6)5-8;1-2/h4-7,13H,8-10H2,1-3H3;5-7H,2-4H2,1H3;1-2H/t;6-,7-;/m.1./s1. The van der Waals surface area contributed by atoms with Crippen LogP contribution in [0.3, 0.4) is 0 Å². The van der Waals surface area contributed by atoms with Gasteiger partial charge in [-0.1, -0.05) is 57.3 Å². The van der Waals surface area contributed by atoms with Crippen molar-refractivity contribution >= 4 is 17.9 Å². The third kappa shape index (κ3) is 6.45. The van der Waals surface area contributed by atoms with E-state index in [1.165, 1.54) is 37.9 Å². The number of hydrogen-bond acceptors (Lipinski definition) is 2. The maximum absolute atomic E-state index is 10.2. The van der Waals surface area contributed by atoms with E-state index < -0.39 is 0 Å². The number of rotatable bonds is 2. The Labute approximate surface area is 165 Å². The molecule has 1 aliphatic carbocycles. The van der Waals surface area contributed by atoms with E-state index in [1.54, 1.807) is 0 Å². The lowest BCUT2D eigenvalue weighted by atomic mass is 9.71. The van der Waals surface area contributed by atoms with Crippen LogP contribution in [0.25, 0.3) is 0 Å². The number of halogens is 1. The van der Waals surface area contributed by atoms with Gasteiger partial charge in [-0.3, -0.25) is 0 Å². The minimum Gasteiger partial charge on any atom is -0.306 e. The number of piperidine rings is 1. The molecule has 0 N–H and O–H groups in total. The van der Waals surface area contributed by atoms with Crippen molar-refractivity contribution in [3.05, 3.63) is 34.9 Å². The fraction of sp³-hybridized carbons (Fsp3) is 0.609. The first-order valence-corrected chi connectivity index (χ1v) is 9.94. The van der Waals surface area contributed by atoms with Crippen LogP contribution in [0.1, 0.15) is 57.9 Å². The lowest BCUT2D eigenvalue weighted by molar-refractivity contribution is -0.111. The van der Waals surface area contributed by atoms with Crippen LogP contribution in [0.5, 0.6) is 0 Å². The molecule has 144 valence electrons. The van der Waals surface area contributed by atoms with Crippen molar-refractivity contribution < 1.29 is 4.79 Å². The molecule has 2 fully saturated rings. The molecule has 3 atom stereocenters. The van der Waals surface area contributed by atoms with Crippen LogP contribution in [-0.4, -0.2) is 31.3 Å². The van der Waals surface area contributed by atoms with Gasteiger partial charge in [-0.15, -0.1) is 12.8 Å². The Bertz CT molecular complexity index is 563. The summed E-state index contributed by atoms with van der Waals surface area (Å²) in [6.45, 7) is 9.24. The van der Waals surface area contributed by atoms with Crippen LogP contribution in [0.4, 0.5) is 0 Å². The van der Waals surface area contributed by atoms with Crippen LogP contribution in [-0.2, 0) is 4.79 Å². The zero-order valence-electron chi connectivity index (χ0n) is 16.7. The van der Waals surface area contributed by atoms with Crippen LogP contribution < -0.4 is 0 Å². The quantitative estimate of drug-likeness (QED) is 0.491. The first-order valence-electron chi connectivity index (χ1n) is 9.56. The number of carbonyl (C=O) groups excluding carboxylic acids is 1. The van der Waals surface area contributed by atoms with Gasteiger partial charge in [0.1, 0.15) is 6.29 Å². The topological polar surface area (TPSA) is 20.3 Å². The Hall–Kier alpha value is -1.30. The second-order valence-corrected chi connectivity index (χ2v) is 8.76. The molecular weight excluding hydrogens is 342 g/mol. The summed E-state index contributed by atoms with van der Waals surface area (Å²) in [5.41, 5.74) is 1.78. The van der Waals surface area contributed by atoms with Crippen molar-refractivity contribution in [2.75, 3.05) is 20.1 Å². The van der Waals surface area contributed by atoms with Crippen molar-refractivity contribution in [2.24, 2.45) is 17.3 Å². The first-order chi connectivity index (χ1) is 12.3. The monoisotopic (exact) mass is 375 g/mol. The van der Waals surface area contributed by atoms with Gasteiger partial charge in [0, 0.05) is 17.5 Å². The smallest absolute Gasteiger partial charge is 0.123 e. The molecule has 0 radical (unpaired) electrons. The van der Waals surface area contributed by atoms with E-state index in [9.17, 15) is 4.79 Å². The summed E-state index contributed by atoms with van der Waals surface area (Å²) < 4.78 is 0. The van der Waals surface area contributed by atoms with Crippen molar-refractivity contribution in [1.29, 1.82) is 0 Å². The van der Waals surface area contributed by atoms with Crippen LogP contribution >= 0.6 is 11.6 Å². The highest BCUT2D eigenvalue weighted by atomic mass is 35.5. The molecular formula is C23H34ClNO. The number of aldehydes is 1. The summed E-state index contributed by atoms with van der Waals surface area (Å²) in [6.07, 6.45) is 14.0. The summed E-state index contributed by atoms with van der Waals surface area (Å²) in [6, 6.07) is 8.37. The molecule has 2 nitrogen and oxygen atoms in total. The predicted octanol–water partition coefficient (Wildman–Crippen LogP) is 5.66. The average Bonchev–Trinajstić information content (AvgIpc) is 3.03. The number of nitrogens with zero attached hydrogens (tertiary/aromatic N) is 1. The minimum absolute atomic E-state index is 0.348. The van der Waals surface area contributed by atoms with Gasteiger partial charge in [0.2, 0.25) is 0 Å². The first kappa shape index (κ1) is 22.7. The third-order valence-electron chi connectivity index (χ3n) is 5.80. The molecule has 0 spiro atoms. The molecule has 0 bridgehead atoms. The summed E-state index contributed by atoms with van der Waals surface area (Å²) in [4.78, 5) is 12.6. The Morgan fingerprint density at radius 3 is 2.19 bits per heavy atom. The SMILES string of the molecule is C#C.CN1CCC(c2ccc(Cl)cc2)C(C)(C)C1.C[C@@H]1CCC[C@@H]1C=O. The Balaban J connectivity index is 0.000000284. The maximum Gasteiger partial charge on any atom is 0.123 e. The molecule has 1 aliphatic heterocycles. The summed E-state index contributed by atoms with van der Waals surface area (Å²) >= 11 is 5.94. The van der Waals surface area contributed by atoms with Crippen LogP contribution in [0.2, 0.25) is 5.02 Å². The van der Waals surface area contributed by atoms with Crippen molar-refractivity contribution in [1.82, 2.24) is 4.90 Å². The Kier molecular flexibility index (Phi) is 9.41. The number of likely N-dealkylation sites (tertiary alicyclic amines) is 1. The Morgan fingerprint density at radius 1 is 1.15 bits per heavy atom. The maximum atomic E-state index is 10.2. The van der Waals surface area contributed by atoms with E-state index in [2.05, 4.69) is 57.7 Å². The number of terminal acetylenes is 1. The lowest BCUT2D eigenvalue weighted by Gasteiger charge is -2.43. The number of hydrogen-bond donors (Lipinski definition) is 0. The van der Waals surface area contributed by atoms with Gasteiger partial charge >= 0.3 is 0 Å². The van der Waals surface area contributed by atoms with Gasteiger partial charge < -0.3 is 9.69 Å². The van der Waals surface area contributed by atoms with Gasteiger partial charge in [0.15, 0.2) is 0 Å². The second-order valence-electron chi connectivity index (χ2n) is 8.33. The molecule has 1 aromatic carbocycles. The largest absolute Gasteiger partial charge is 0.306 e. The molecule has 26 heavy (non-hydrogen) atoms. The summed E-state index contributed by atoms with van der Waals surface area (Å²) in [5, 5.41) is 0.828. The minimum atomic E-state index is 0.348. The average molecular weight is 376 g/mol. The van der Waals surface area contributed by atoms with E-state index in [-0.39, 0.29) is 0 Å².